The number of guanidine groups is 1. The number of anilines is 1. The van der Waals surface area contributed by atoms with Crippen LogP contribution in [0.4, 0.5) is 5.82 Å². The Kier molecular flexibility index (Phi) is 6.67. The first kappa shape index (κ1) is 17.2. The van der Waals surface area contributed by atoms with Gasteiger partial charge in [0.2, 0.25) is 0 Å². The van der Waals surface area contributed by atoms with Gasteiger partial charge in [0.15, 0.2) is 5.96 Å². The highest BCUT2D eigenvalue weighted by Gasteiger charge is 2.35. The minimum atomic E-state index is 0. The molecule has 0 saturated heterocycles. The number of nitrogens with two attached hydrogens (primary N) is 1. The molecule has 3 N–H and O–H groups in total. The summed E-state index contributed by atoms with van der Waals surface area (Å²) in [5, 5.41) is 3.02. The van der Waals surface area contributed by atoms with Crippen LogP contribution in [0, 0.1) is 0 Å². The van der Waals surface area contributed by atoms with E-state index in [0.29, 0.717) is 5.96 Å². The van der Waals surface area contributed by atoms with Crippen LogP contribution >= 0.6 is 24.0 Å². The largest absolute Gasteiger partial charge is 0.370 e. The zero-order valence-electron chi connectivity index (χ0n) is 12.2. The zero-order chi connectivity index (χ0) is 13.7. The summed E-state index contributed by atoms with van der Waals surface area (Å²) < 4.78 is 0. The maximum absolute atomic E-state index is 5.92. The van der Waals surface area contributed by atoms with Gasteiger partial charge in [0.05, 0.1) is 6.54 Å². The summed E-state index contributed by atoms with van der Waals surface area (Å²) >= 11 is 0. The topological polar surface area (TPSA) is 66.5 Å². The number of hydrogen-bond donors (Lipinski definition) is 2. The fraction of sp³-hybridized carbons (Fsp3) is 0.571. The number of aromatic nitrogens is 1. The molecule has 0 bridgehead atoms. The number of pyridine rings is 1. The van der Waals surface area contributed by atoms with Gasteiger partial charge in [-0.3, -0.25) is 4.99 Å². The first-order chi connectivity index (χ1) is 9.12. The molecule has 6 heteroatoms. The highest BCUT2D eigenvalue weighted by Crippen LogP contribution is 2.33. The molecule has 2 rings (SSSR count). The lowest BCUT2D eigenvalue weighted by molar-refractivity contribution is 0.167. The summed E-state index contributed by atoms with van der Waals surface area (Å²) in [5.74, 6) is 1.17. The van der Waals surface area contributed by atoms with Gasteiger partial charge in [-0.05, 0) is 39.1 Å². The second kappa shape index (κ2) is 7.78. The molecule has 0 aliphatic heterocycles. The highest BCUT2D eigenvalue weighted by atomic mass is 127. The van der Waals surface area contributed by atoms with Gasteiger partial charge in [0, 0.05) is 11.7 Å². The molecule has 112 valence electrons. The summed E-state index contributed by atoms with van der Waals surface area (Å²) in [7, 11) is 4.26. The van der Waals surface area contributed by atoms with Crippen molar-refractivity contribution in [3.63, 3.8) is 0 Å². The van der Waals surface area contributed by atoms with Crippen molar-refractivity contribution in [1.29, 1.82) is 0 Å². The zero-order valence-corrected chi connectivity index (χ0v) is 14.5. The Morgan fingerprint density at radius 1 is 1.40 bits per heavy atom. The molecule has 0 unspecified atom stereocenters. The minimum absolute atomic E-state index is 0. The second-order valence-electron chi connectivity index (χ2n) is 5.37. The van der Waals surface area contributed by atoms with Crippen molar-refractivity contribution < 1.29 is 0 Å². The number of rotatable bonds is 4. The van der Waals surface area contributed by atoms with E-state index in [0.717, 1.165) is 12.4 Å². The van der Waals surface area contributed by atoms with Crippen LogP contribution in [0.5, 0.6) is 0 Å². The van der Waals surface area contributed by atoms with E-state index in [4.69, 9.17) is 5.73 Å². The third kappa shape index (κ3) is 4.31. The Labute approximate surface area is 138 Å². The molecule has 1 fully saturated rings. The van der Waals surface area contributed by atoms with Crippen molar-refractivity contribution in [2.45, 2.75) is 31.2 Å². The Morgan fingerprint density at radius 3 is 2.65 bits per heavy atom. The van der Waals surface area contributed by atoms with Crippen LogP contribution in [0.3, 0.4) is 0 Å². The quantitative estimate of drug-likeness (QED) is 0.471. The van der Waals surface area contributed by atoms with Crippen molar-refractivity contribution in [2.24, 2.45) is 10.7 Å². The van der Waals surface area contributed by atoms with Crippen molar-refractivity contribution in [1.82, 2.24) is 9.88 Å². The van der Waals surface area contributed by atoms with E-state index >= 15 is 0 Å². The molecule has 1 heterocycles. The molecule has 0 atom stereocenters. The average Bonchev–Trinajstić information content (AvgIpc) is 2.88. The lowest BCUT2D eigenvalue weighted by Gasteiger charge is -2.34. The predicted molar refractivity (Wildman–Crippen MR) is 94.7 cm³/mol. The summed E-state index contributed by atoms with van der Waals surface area (Å²) in [6, 6.07) is 5.67. The van der Waals surface area contributed by atoms with Gasteiger partial charge >= 0.3 is 0 Å². The van der Waals surface area contributed by atoms with Crippen molar-refractivity contribution in [2.75, 3.05) is 26.0 Å². The Bertz CT molecular complexity index is 426. The van der Waals surface area contributed by atoms with Crippen LogP contribution < -0.4 is 11.1 Å². The molecule has 0 amide bonds. The summed E-state index contributed by atoms with van der Waals surface area (Å²) in [5.41, 5.74) is 6.10. The standard InChI is InChI=1S/C14H23N5.HI/c1-19(2)14(8-4-5-9-14)11-17-13(15)18-12-7-3-6-10-16-12;/h3,6-7,10H,4-5,8-9,11H2,1-2H3,(H3,15,16,17,18);1H. The maximum Gasteiger partial charge on any atom is 0.194 e. The Balaban J connectivity index is 0.00000200. The summed E-state index contributed by atoms with van der Waals surface area (Å²) in [6.07, 6.45) is 6.68. The van der Waals surface area contributed by atoms with Gasteiger partial charge in [0.25, 0.3) is 0 Å². The predicted octanol–water partition coefficient (Wildman–Crippen LogP) is 2.30. The van der Waals surface area contributed by atoms with Crippen molar-refractivity contribution in [3.8, 4) is 0 Å². The van der Waals surface area contributed by atoms with Crippen LogP contribution in [0.25, 0.3) is 0 Å². The van der Waals surface area contributed by atoms with Gasteiger partial charge in [-0.25, -0.2) is 4.98 Å². The first-order valence-electron chi connectivity index (χ1n) is 6.78. The lowest BCUT2D eigenvalue weighted by Crippen LogP contribution is -2.45. The number of hydrogen-bond acceptors (Lipinski definition) is 3. The van der Waals surface area contributed by atoms with Crippen LogP contribution in [-0.2, 0) is 0 Å². The summed E-state index contributed by atoms with van der Waals surface area (Å²) in [6.45, 7) is 0.742. The molecule has 5 nitrogen and oxygen atoms in total. The molecule has 1 aliphatic rings. The Morgan fingerprint density at radius 2 is 2.10 bits per heavy atom. The molecule has 0 aromatic carbocycles. The minimum Gasteiger partial charge on any atom is -0.370 e. The second-order valence-corrected chi connectivity index (χ2v) is 5.37. The molecule has 0 radical (unpaired) electrons. The third-order valence-electron chi connectivity index (χ3n) is 3.95. The third-order valence-corrected chi connectivity index (χ3v) is 3.95. The van der Waals surface area contributed by atoms with E-state index in [2.05, 4.69) is 34.3 Å². The molecule has 1 saturated carbocycles. The first-order valence-corrected chi connectivity index (χ1v) is 6.78. The van der Waals surface area contributed by atoms with Gasteiger partial charge in [-0.2, -0.15) is 0 Å². The monoisotopic (exact) mass is 389 g/mol. The van der Waals surface area contributed by atoms with Gasteiger partial charge in [-0.1, -0.05) is 18.9 Å². The normalized spacial score (nSPS) is 17.9. The van der Waals surface area contributed by atoms with E-state index < -0.39 is 0 Å². The number of aliphatic imine (C=N–C) groups is 1. The van der Waals surface area contributed by atoms with Crippen LogP contribution in [-0.4, -0.2) is 42.0 Å². The highest BCUT2D eigenvalue weighted by molar-refractivity contribution is 14.0. The molecular weight excluding hydrogens is 365 g/mol. The number of halogens is 1. The SMILES string of the molecule is CN(C)C1(CN=C(N)Nc2ccccn2)CCCC1.I. The van der Waals surface area contributed by atoms with Crippen LogP contribution in [0.1, 0.15) is 25.7 Å². The van der Waals surface area contributed by atoms with Crippen molar-refractivity contribution >= 4 is 35.8 Å². The van der Waals surface area contributed by atoms with E-state index in [1.807, 2.05) is 18.2 Å². The lowest BCUT2D eigenvalue weighted by atomic mass is 9.96. The molecule has 20 heavy (non-hydrogen) atoms. The smallest absolute Gasteiger partial charge is 0.194 e. The van der Waals surface area contributed by atoms with E-state index in [-0.39, 0.29) is 29.5 Å². The molecule has 1 aromatic heterocycles. The Hall–Kier alpha value is -0.890. The van der Waals surface area contributed by atoms with E-state index in [1.165, 1.54) is 25.7 Å². The molecule has 1 aliphatic carbocycles. The van der Waals surface area contributed by atoms with E-state index in [9.17, 15) is 0 Å². The van der Waals surface area contributed by atoms with E-state index in [1.54, 1.807) is 6.20 Å². The number of likely N-dealkylation sites (N-methyl/N-ethyl adjacent to an activating group) is 1. The molecular formula is C14H24IN5. The molecule has 0 spiro atoms. The molecule has 1 aromatic rings. The number of nitrogens with zero attached hydrogens (tertiary/aromatic N) is 3. The van der Waals surface area contributed by atoms with Gasteiger partial charge in [-0.15, -0.1) is 24.0 Å². The maximum atomic E-state index is 5.92. The van der Waals surface area contributed by atoms with Crippen LogP contribution in [0.15, 0.2) is 29.4 Å². The average molecular weight is 389 g/mol. The van der Waals surface area contributed by atoms with Crippen molar-refractivity contribution in [3.05, 3.63) is 24.4 Å². The summed E-state index contributed by atoms with van der Waals surface area (Å²) in [4.78, 5) is 11.0. The fourth-order valence-electron chi connectivity index (χ4n) is 2.62. The van der Waals surface area contributed by atoms with Crippen LogP contribution in [0.2, 0.25) is 0 Å². The fourth-order valence-corrected chi connectivity index (χ4v) is 2.62. The number of nitrogens with one attached hydrogen (secondary N) is 1. The van der Waals surface area contributed by atoms with Gasteiger partial charge in [0.1, 0.15) is 5.82 Å². The van der Waals surface area contributed by atoms with Gasteiger partial charge < -0.3 is 16.0 Å².